The summed E-state index contributed by atoms with van der Waals surface area (Å²) in [5.74, 6) is 1.10. The van der Waals surface area contributed by atoms with Crippen LogP contribution >= 0.6 is 24.2 Å². The van der Waals surface area contributed by atoms with Crippen LogP contribution in [0.25, 0.3) is 0 Å². The largest absolute Gasteiger partial charge is 0.337 e. The number of thioether (sulfide) groups is 1. The highest BCUT2D eigenvalue weighted by molar-refractivity contribution is 7.98. The molecule has 3 rings (SSSR count). The highest BCUT2D eigenvalue weighted by Gasteiger charge is 2.23. The molecule has 134 valence electrons. The molecule has 1 aliphatic rings. The van der Waals surface area contributed by atoms with Crippen LogP contribution in [0.3, 0.4) is 0 Å². The Balaban J connectivity index is 0.00000225. The average molecular weight is 377 g/mol. The predicted octanol–water partition coefficient (Wildman–Crippen LogP) is 4.22. The SMILES string of the molecule is CNC1CCCN(C(=O)c2ccc(SCc3ccccc3)cc2)C1.Cl. The molecule has 1 heterocycles. The quantitative estimate of drug-likeness (QED) is 0.793. The van der Waals surface area contributed by atoms with Gasteiger partial charge in [-0.05, 0) is 49.7 Å². The van der Waals surface area contributed by atoms with Crippen molar-refractivity contribution < 1.29 is 4.79 Å². The lowest BCUT2D eigenvalue weighted by Crippen LogP contribution is -2.46. The molecule has 0 spiro atoms. The van der Waals surface area contributed by atoms with Crippen LogP contribution in [0.1, 0.15) is 28.8 Å². The molecule has 0 aromatic heterocycles. The summed E-state index contributed by atoms with van der Waals surface area (Å²) in [7, 11) is 1.97. The van der Waals surface area contributed by atoms with Gasteiger partial charge in [-0.25, -0.2) is 0 Å². The number of hydrogen-bond acceptors (Lipinski definition) is 3. The van der Waals surface area contributed by atoms with Gasteiger partial charge in [-0.2, -0.15) is 0 Å². The highest BCUT2D eigenvalue weighted by Crippen LogP contribution is 2.23. The summed E-state index contributed by atoms with van der Waals surface area (Å²) in [6.45, 7) is 1.67. The highest BCUT2D eigenvalue weighted by atomic mass is 35.5. The second-order valence-corrected chi connectivity index (χ2v) is 7.23. The molecule has 0 aliphatic carbocycles. The normalized spacial score (nSPS) is 17.0. The third-order valence-electron chi connectivity index (χ3n) is 4.47. The van der Waals surface area contributed by atoms with E-state index in [1.165, 1.54) is 10.5 Å². The van der Waals surface area contributed by atoms with Crippen molar-refractivity contribution in [2.45, 2.75) is 29.5 Å². The van der Waals surface area contributed by atoms with Crippen LogP contribution in [0.2, 0.25) is 0 Å². The Kier molecular flexibility index (Phi) is 7.82. The molecule has 1 atom stereocenters. The zero-order chi connectivity index (χ0) is 16.8. The number of carbonyl (C=O) groups excluding carboxylic acids is 1. The van der Waals surface area contributed by atoms with E-state index in [2.05, 4.69) is 41.7 Å². The van der Waals surface area contributed by atoms with Gasteiger partial charge in [0.15, 0.2) is 0 Å². The van der Waals surface area contributed by atoms with Crippen molar-refractivity contribution in [1.82, 2.24) is 10.2 Å². The number of halogens is 1. The summed E-state index contributed by atoms with van der Waals surface area (Å²) in [6.07, 6.45) is 2.22. The second-order valence-electron chi connectivity index (χ2n) is 6.18. The Morgan fingerprint density at radius 2 is 1.88 bits per heavy atom. The smallest absolute Gasteiger partial charge is 0.253 e. The molecule has 2 aromatic carbocycles. The average Bonchev–Trinajstić information content (AvgIpc) is 2.67. The van der Waals surface area contributed by atoms with Gasteiger partial charge in [0.2, 0.25) is 0 Å². The van der Waals surface area contributed by atoms with Crippen LogP contribution < -0.4 is 5.32 Å². The van der Waals surface area contributed by atoms with E-state index in [-0.39, 0.29) is 18.3 Å². The first-order valence-electron chi connectivity index (χ1n) is 8.49. The van der Waals surface area contributed by atoms with E-state index in [9.17, 15) is 4.79 Å². The van der Waals surface area contributed by atoms with Crippen molar-refractivity contribution in [3.8, 4) is 0 Å². The summed E-state index contributed by atoms with van der Waals surface area (Å²) >= 11 is 1.80. The van der Waals surface area contributed by atoms with Gasteiger partial charge in [-0.3, -0.25) is 4.79 Å². The molecular weight excluding hydrogens is 352 g/mol. The van der Waals surface area contributed by atoms with E-state index in [0.29, 0.717) is 6.04 Å². The number of rotatable bonds is 5. The summed E-state index contributed by atoms with van der Waals surface area (Å²) in [5, 5.41) is 3.28. The summed E-state index contributed by atoms with van der Waals surface area (Å²) in [4.78, 5) is 15.8. The molecule has 5 heteroatoms. The summed E-state index contributed by atoms with van der Waals surface area (Å²) in [5.41, 5.74) is 2.10. The summed E-state index contributed by atoms with van der Waals surface area (Å²) in [6, 6.07) is 18.9. The molecule has 1 unspecified atom stereocenters. The Hall–Kier alpha value is -1.49. The number of nitrogens with zero attached hydrogens (tertiary/aromatic N) is 1. The first-order chi connectivity index (χ1) is 11.8. The number of likely N-dealkylation sites (N-methyl/N-ethyl adjacent to an activating group) is 1. The maximum Gasteiger partial charge on any atom is 0.253 e. The molecule has 1 saturated heterocycles. The van der Waals surface area contributed by atoms with Gasteiger partial charge in [0.25, 0.3) is 5.91 Å². The molecule has 25 heavy (non-hydrogen) atoms. The molecule has 0 radical (unpaired) electrons. The Bertz CT molecular complexity index is 663. The number of amides is 1. The zero-order valence-corrected chi connectivity index (χ0v) is 16.1. The molecule has 1 fully saturated rings. The number of likely N-dealkylation sites (tertiary alicyclic amines) is 1. The van der Waals surface area contributed by atoms with Gasteiger partial charge >= 0.3 is 0 Å². The van der Waals surface area contributed by atoms with E-state index in [1.807, 2.05) is 30.1 Å². The number of carbonyl (C=O) groups is 1. The van der Waals surface area contributed by atoms with Crippen LogP contribution in [0.15, 0.2) is 59.5 Å². The Morgan fingerprint density at radius 1 is 1.16 bits per heavy atom. The number of hydrogen-bond donors (Lipinski definition) is 1. The van der Waals surface area contributed by atoms with Crippen molar-refractivity contribution >= 4 is 30.1 Å². The van der Waals surface area contributed by atoms with Crippen molar-refractivity contribution in [3.05, 3.63) is 65.7 Å². The van der Waals surface area contributed by atoms with E-state index < -0.39 is 0 Å². The first kappa shape index (κ1) is 19.8. The predicted molar refractivity (Wildman–Crippen MR) is 108 cm³/mol. The van der Waals surface area contributed by atoms with Crippen molar-refractivity contribution in [3.63, 3.8) is 0 Å². The van der Waals surface area contributed by atoms with E-state index in [0.717, 1.165) is 37.2 Å². The monoisotopic (exact) mass is 376 g/mol. The molecule has 1 amide bonds. The molecule has 0 bridgehead atoms. The lowest BCUT2D eigenvalue weighted by atomic mass is 10.0. The first-order valence-corrected chi connectivity index (χ1v) is 9.48. The molecule has 1 N–H and O–H groups in total. The minimum atomic E-state index is 0. The van der Waals surface area contributed by atoms with Crippen molar-refractivity contribution in [1.29, 1.82) is 0 Å². The Labute approximate surface area is 160 Å². The summed E-state index contributed by atoms with van der Waals surface area (Å²) < 4.78 is 0. The fourth-order valence-corrected chi connectivity index (χ4v) is 3.87. The number of benzene rings is 2. The van der Waals surface area contributed by atoms with Crippen molar-refractivity contribution in [2.24, 2.45) is 0 Å². The lowest BCUT2D eigenvalue weighted by Gasteiger charge is -2.32. The van der Waals surface area contributed by atoms with Crippen LogP contribution in [-0.4, -0.2) is 37.0 Å². The minimum absolute atomic E-state index is 0. The molecule has 1 aliphatic heterocycles. The van der Waals surface area contributed by atoms with Crippen LogP contribution in [0.4, 0.5) is 0 Å². The van der Waals surface area contributed by atoms with Gasteiger partial charge in [-0.1, -0.05) is 30.3 Å². The lowest BCUT2D eigenvalue weighted by molar-refractivity contribution is 0.0698. The minimum Gasteiger partial charge on any atom is -0.337 e. The fourth-order valence-electron chi connectivity index (χ4n) is 3.01. The topological polar surface area (TPSA) is 32.3 Å². The van der Waals surface area contributed by atoms with Crippen LogP contribution in [-0.2, 0) is 5.75 Å². The third-order valence-corrected chi connectivity index (χ3v) is 5.55. The molecule has 2 aromatic rings. The van der Waals surface area contributed by atoms with Crippen molar-refractivity contribution in [2.75, 3.05) is 20.1 Å². The molecular formula is C20H25ClN2OS. The van der Waals surface area contributed by atoms with Crippen LogP contribution in [0.5, 0.6) is 0 Å². The van der Waals surface area contributed by atoms with Gasteiger partial charge in [0.1, 0.15) is 0 Å². The maximum atomic E-state index is 12.6. The second kappa shape index (κ2) is 9.85. The third kappa shape index (κ3) is 5.50. The maximum absolute atomic E-state index is 12.6. The van der Waals surface area contributed by atoms with Gasteiger partial charge in [-0.15, -0.1) is 24.2 Å². The van der Waals surface area contributed by atoms with E-state index >= 15 is 0 Å². The van der Waals surface area contributed by atoms with Gasteiger partial charge in [0.05, 0.1) is 0 Å². The van der Waals surface area contributed by atoms with E-state index in [4.69, 9.17) is 0 Å². The standard InChI is InChI=1S/C20H24N2OS.ClH/c1-21-18-8-5-13-22(14-18)20(23)17-9-11-19(12-10-17)24-15-16-6-3-2-4-7-16;/h2-4,6-7,9-12,18,21H,5,8,13-15H2,1H3;1H. The zero-order valence-electron chi connectivity index (χ0n) is 14.5. The molecule has 0 saturated carbocycles. The Morgan fingerprint density at radius 3 is 2.56 bits per heavy atom. The molecule has 3 nitrogen and oxygen atoms in total. The van der Waals surface area contributed by atoms with Crippen LogP contribution in [0, 0.1) is 0 Å². The fraction of sp³-hybridized carbons (Fsp3) is 0.350. The van der Waals surface area contributed by atoms with E-state index in [1.54, 1.807) is 11.8 Å². The number of nitrogens with one attached hydrogen (secondary N) is 1. The number of piperidine rings is 1. The van der Waals surface area contributed by atoms with Gasteiger partial charge < -0.3 is 10.2 Å². The van der Waals surface area contributed by atoms with Gasteiger partial charge in [0, 0.05) is 35.3 Å².